The van der Waals surface area contributed by atoms with Crippen LogP contribution >= 0.6 is 0 Å². The Morgan fingerprint density at radius 1 is 1.09 bits per heavy atom. The van der Waals surface area contributed by atoms with Crippen LogP contribution in [-0.4, -0.2) is 41.0 Å². The molecule has 0 atom stereocenters. The minimum absolute atomic E-state index is 0.0102. The number of nitrogens with one attached hydrogen (secondary N) is 3. The van der Waals surface area contributed by atoms with Gasteiger partial charge in [0.1, 0.15) is 17.4 Å². The first kappa shape index (κ1) is 23.1. The van der Waals surface area contributed by atoms with Crippen LogP contribution in [0.4, 0.5) is 21.7 Å². The summed E-state index contributed by atoms with van der Waals surface area (Å²) < 4.78 is 25.7. The molecule has 0 radical (unpaired) electrons. The maximum atomic E-state index is 14.8. The van der Waals surface area contributed by atoms with Gasteiger partial charge in [0.2, 0.25) is 5.91 Å². The quantitative estimate of drug-likeness (QED) is 0.483. The lowest BCUT2D eigenvalue weighted by Crippen LogP contribution is -2.39. The van der Waals surface area contributed by atoms with Gasteiger partial charge in [-0.2, -0.15) is 0 Å². The second kappa shape index (κ2) is 10.7. The van der Waals surface area contributed by atoms with Crippen LogP contribution in [0.25, 0.3) is 0 Å². The van der Waals surface area contributed by atoms with Crippen molar-refractivity contribution in [1.29, 1.82) is 0 Å². The van der Waals surface area contributed by atoms with Crippen molar-refractivity contribution in [2.24, 2.45) is 0 Å². The number of pyridine rings is 2. The largest absolute Gasteiger partial charge is 0.454 e. The molecule has 0 saturated carbocycles. The van der Waals surface area contributed by atoms with Crippen molar-refractivity contribution in [2.75, 3.05) is 23.8 Å². The summed E-state index contributed by atoms with van der Waals surface area (Å²) in [7, 11) is 0. The molecular formula is C24H24FN5O4. The Bertz CT molecular complexity index is 1180. The number of rotatable bonds is 7. The van der Waals surface area contributed by atoms with Gasteiger partial charge >= 0.3 is 0 Å². The average molecular weight is 465 g/mol. The molecule has 4 rings (SSSR count). The van der Waals surface area contributed by atoms with Crippen molar-refractivity contribution >= 4 is 29.1 Å². The van der Waals surface area contributed by atoms with Gasteiger partial charge in [0.15, 0.2) is 11.6 Å². The number of halogens is 1. The fraction of sp³-hybridized carbons (Fsp3) is 0.250. The summed E-state index contributed by atoms with van der Waals surface area (Å²) in [5.74, 6) is -0.233. The minimum Gasteiger partial charge on any atom is -0.454 e. The zero-order chi connectivity index (χ0) is 23.9. The van der Waals surface area contributed by atoms with Gasteiger partial charge in [-0.3, -0.25) is 9.59 Å². The van der Waals surface area contributed by atoms with E-state index in [0.29, 0.717) is 41.8 Å². The van der Waals surface area contributed by atoms with Crippen LogP contribution in [0.1, 0.15) is 30.1 Å². The molecule has 1 fully saturated rings. The van der Waals surface area contributed by atoms with Crippen molar-refractivity contribution in [3.05, 3.63) is 66.2 Å². The van der Waals surface area contributed by atoms with Crippen molar-refractivity contribution in [2.45, 2.75) is 25.8 Å². The van der Waals surface area contributed by atoms with Gasteiger partial charge in [-0.05, 0) is 43.2 Å². The van der Waals surface area contributed by atoms with E-state index in [1.54, 1.807) is 30.5 Å². The van der Waals surface area contributed by atoms with Crippen LogP contribution < -0.4 is 20.7 Å². The molecule has 2 amide bonds. The Hall–Kier alpha value is -4.05. The SMILES string of the molecule is CC(=O)Nc1cc(Oc2ccc(Nc3ncccc3C(=O)NC3CCOCC3)cc2F)ccn1. The van der Waals surface area contributed by atoms with E-state index in [-0.39, 0.29) is 23.6 Å². The van der Waals surface area contributed by atoms with Gasteiger partial charge in [0.25, 0.3) is 5.91 Å². The van der Waals surface area contributed by atoms with E-state index in [1.165, 1.54) is 31.3 Å². The number of hydrogen-bond acceptors (Lipinski definition) is 7. The number of carbonyl (C=O) groups excluding carboxylic acids is 2. The van der Waals surface area contributed by atoms with E-state index in [0.717, 1.165) is 12.8 Å². The number of ether oxygens (including phenoxy) is 2. The number of benzene rings is 1. The second-order valence-corrected chi connectivity index (χ2v) is 7.69. The molecule has 3 N–H and O–H groups in total. The summed E-state index contributed by atoms with van der Waals surface area (Å²) >= 11 is 0. The molecule has 1 aliphatic rings. The van der Waals surface area contributed by atoms with Crippen molar-refractivity contribution in [3.8, 4) is 11.5 Å². The maximum absolute atomic E-state index is 14.8. The lowest BCUT2D eigenvalue weighted by molar-refractivity contribution is -0.114. The molecule has 1 aliphatic heterocycles. The van der Waals surface area contributed by atoms with Crippen LogP contribution in [0.3, 0.4) is 0 Å². The highest BCUT2D eigenvalue weighted by molar-refractivity contribution is 5.99. The highest BCUT2D eigenvalue weighted by atomic mass is 19.1. The smallest absolute Gasteiger partial charge is 0.255 e. The Kier molecular flexibility index (Phi) is 7.28. The van der Waals surface area contributed by atoms with Gasteiger partial charge in [-0.15, -0.1) is 0 Å². The summed E-state index contributed by atoms with van der Waals surface area (Å²) in [6.45, 7) is 2.60. The average Bonchev–Trinajstić information content (AvgIpc) is 2.82. The van der Waals surface area contributed by atoms with E-state index < -0.39 is 5.82 Å². The highest BCUT2D eigenvalue weighted by Gasteiger charge is 2.19. The standard InChI is InChI=1S/C24H24FN5O4/c1-15(31)28-22-14-18(6-10-26-22)34-21-5-4-17(13-20(21)25)29-23-19(3-2-9-27-23)24(32)30-16-7-11-33-12-8-16/h2-6,9-10,13-14,16H,7-8,11-12H2,1H3,(H,27,29)(H,30,32)(H,26,28,31). The van der Waals surface area contributed by atoms with Crippen LogP contribution in [0, 0.1) is 5.82 Å². The molecule has 0 spiro atoms. The molecule has 1 saturated heterocycles. The Morgan fingerprint density at radius 2 is 1.91 bits per heavy atom. The van der Waals surface area contributed by atoms with Gasteiger partial charge in [0, 0.05) is 56.4 Å². The molecule has 2 aromatic heterocycles. The minimum atomic E-state index is -0.618. The van der Waals surface area contributed by atoms with Gasteiger partial charge in [-0.1, -0.05) is 0 Å². The first-order valence-electron chi connectivity index (χ1n) is 10.8. The molecule has 0 aliphatic carbocycles. The summed E-state index contributed by atoms with van der Waals surface area (Å²) in [4.78, 5) is 32.2. The van der Waals surface area contributed by atoms with Crippen molar-refractivity contribution in [3.63, 3.8) is 0 Å². The van der Waals surface area contributed by atoms with E-state index >= 15 is 0 Å². The van der Waals surface area contributed by atoms with E-state index in [9.17, 15) is 14.0 Å². The second-order valence-electron chi connectivity index (χ2n) is 7.69. The Morgan fingerprint density at radius 3 is 2.68 bits per heavy atom. The topological polar surface area (TPSA) is 114 Å². The number of carbonyl (C=O) groups is 2. The number of amides is 2. The Labute approximate surface area is 195 Å². The molecule has 176 valence electrons. The van der Waals surface area contributed by atoms with Crippen molar-refractivity contribution in [1.82, 2.24) is 15.3 Å². The van der Waals surface area contributed by atoms with Crippen LogP contribution in [0.2, 0.25) is 0 Å². The van der Waals surface area contributed by atoms with E-state index in [1.807, 2.05) is 0 Å². The summed E-state index contributed by atoms with van der Waals surface area (Å²) in [6.07, 6.45) is 4.51. The molecule has 9 nitrogen and oxygen atoms in total. The number of aromatic nitrogens is 2. The third-order valence-electron chi connectivity index (χ3n) is 5.07. The van der Waals surface area contributed by atoms with Crippen LogP contribution in [0.5, 0.6) is 11.5 Å². The normalized spacial score (nSPS) is 13.7. The number of anilines is 3. The lowest BCUT2D eigenvalue weighted by Gasteiger charge is -2.23. The maximum Gasteiger partial charge on any atom is 0.255 e. The molecule has 34 heavy (non-hydrogen) atoms. The zero-order valence-electron chi connectivity index (χ0n) is 18.5. The molecule has 10 heteroatoms. The van der Waals surface area contributed by atoms with E-state index in [4.69, 9.17) is 9.47 Å². The molecular weight excluding hydrogens is 441 g/mol. The Balaban J connectivity index is 1.46. The molecule has 3 aromatic rings. The fourth-order valence-electron chi connectivity index (χ4n) is 3.44. The third kappa shape index (κ3) is 6.04. The lowest BCUT2D eigenvalue weighted by atomic mass is 10.1. The predicted molar refractivity (Wildman–Crippen MR) is 124 cm³/mol. The summed E-state index contributed by atoms with van der Waals surface area (Å²) in [6, 6.07) is 10.7. The fourth-order valence-corrected chi connectivity index (χ4v) is 3.44. The third-order valence-corrected chi connectivity index (χ3v) is 5.07. The zero-order valence-corrected chi connectivity index (χ0v) is 18.5. The highest BCUT2D eigenvalue weighted by Crippen LogP contribution is 2.29. The van der Waals surface area contributed by atoms with Gasteiger partial charge in [0.05, 0.1) is 5.56 Å². The van der Waals surface area contributed by atoms with Gasteiger partial charge < -0.3 is 25.4 Å². The van der Waals surface area contributed by atoms with E-state index in [2.05, 4.69) is 25.9 Å². The first-order chi connectivity index (χ1) is 16.5. The first-order valence-corrected chi connectivity index (χ1v) is 10.8. The monoisotopic (exact) mass is 465 g/mol. The van der Waals surface area contributed by atoms with Gasteiger partial charge in [-0.25, -0.2) is 14.4 Å². The molecule has 1 aromatic carbocycles. The summed E-state index contributed by atoms with van der Waals surface area (Å²) in [5, 5.41) is 8.55. The van der Waals surface area contributed by atoms with Crippen LogP contribution in [-0.2, 0) is 9.53 Å². The molecule has 3 heterocycles. The molecule has 0 unspecified atom stereocenters. The number of hydrogen-bond donors (Lipinski definition) is 3. The number of nitrogens with zero attached hydrogens (tertiary/aromatic N) is 2. The predicted octanol–water partition coefficient (Wildman–Crippen LogP) is 4.02. The van der Waals surface area contributed by atoms with Crippen molar-refractivity contribution < 1.29 is 23.5 Å². The van der Waals surface area contributed by atoms with Crippen LogP contribution in [0.15, 0.2) is 54.9 Å². The molecule has 0 bridgehead atoms. The summed E-state index contributed by atoms with van der Waals surface area (Å²) in [5.41, 5.74) is 0.759.